The highest BCUT2D eigenvalue weighted by atomic mass is 35.5. The molecule has 0 aliphatic carbocycles. The molecule has 1 aliphatic heterocycles. The van der Waals surface area contributed by atoms with Crippen molar-refractivity contribution >= 4 is 46.4 Å². The second kappa shape index (κ2) is 10.5. The van der Waals surface area contributed by atoms with Gasteiger partial charge in [-0.1, -0.05) is 36.7 Å². The van der Waals surface area contributed by atoms with Gasteiger partial charge < -0.3 is 20.1 Å². The zero-order valence-corrected chi connectivity index (χ0v) is 20.7. The van der Waals surface area contributed by atoms with Crippen molar-refractivity contribution < 1.29 is 23.9 Å². The van der Waals surface area contributed by atoms with Crippen molar-refractivity contribution in [2.75, 3.05) is 29.8 Å². The molecule has 1 aliphatic rings. The number of hydrogen-bond acceptors (Lipinski definition) is 6. The largest absolute Gasteiger partial charge is 0.497 e. The van der Waals surface area contributed by atoms with Gasteiger partial charge in [0.15, 0.2) is 0 Å². The first kappa shape index (κ1) is 24.8. The van der Waals surface area contributed by atoms with Crippen molar-refractivity contribution in [2.24, 2.45) is 0 Å². The Balaban J connectivity index is 1.54. The van der Waals surface area contributed by atoms with Crippen molar-refractivity contribution in [3.8, 4) is 11.5 Å². The molecule has 3 amide bonds. The summed E-state index contributed by atoms with van der Waals surface area (Å²) < 4.78 is 10.5. The minimum atomic E-state index is -0.618. The molecular weight excluding hydrogens is 482 g/mol. The van der Waals surface area contributed by atoms with Crippen molar-refractivity contribution in [3.63, 3.8) is 0 Å². The predicted molar refractivity (Wildman–Crippen MR) is 139 cm³/mol. The van der Waals surface area contributed by atoms with Gasteiger partial charge in [-0.05, 0) is 54.4 Å². The lowest BCUT2D eigenvalue weighted by molar-refractivity contribution is -0.120. The van der Waals surface area contributed by atoms with Crippen molar-refractivity contribution in [1.29, 1.82) is 0 Å². The van der Waals surface area contributed by atoms with Crippen LogP contribution in [0.15, 0.2) is 77.5 Å². The molecule has 184 valence electrons. The van der Waals surface area contributed by atoms with Gasteiger partial charge in [-0.2, -0.15) is 0 Å². The number of nitrogens with one attached hydrogen (secondary N) is 2. The molecule has 2 N–H and O–H groups in total. The molecule has 0 aromatic heterocycles. The predicted octanol–water partition coefficient (Wildman–Crippen LogP) is 4.95. The third kappa shape index (κ3) is 4.89. The first-order valence-electron chi connectivity index (χ1n) is 11.1. The lowest BCUT2D eigenvalue weighted by atomic mass is 10.1. The van der Waals surface area contributed by atoms with E-state index < -0.39 is 17.7 Å². The Morgan fingerprint density at radius 1 is 0.944 bits per heavy atom. The van der Waals surface area contributed by atoms with E-state index in [2.05, 4.69) is 10.6 Å². The van der Waals surface area contributed by atoms with E-state index in [4.69, 9.17) is 21.1 Å². The molecule has 0 spiro atoms. The Morgan fingerprint density at radius 3 is 2.36 bits per heavy atom. The number of nitrogens with zero attached hydrogens (tertiary/aromatic N) is 1. The molecule has 0 unspecified atom stereocenters. The standard InChI is InChI=1S/C27H24ClN3O5/c1-4-16-8-10-19(11-9-16)31-26(33)23(28)24(27(31)34)29-18-7-5-6-17(14-18)25(32)30-21-15-20(35-2)12-13-22(21)36-3/h5-15,29H,4H2,1-3H3,(H,30,32). The molecule has 4 rings (SSSR count). The van der Waals surface area contributed by atoms with E-state index in [9.17, 15) is 14.4 Å². The van der Waals surface area contributed by atoms with E-state index in [-0.39, 0.29) is 10.7 Å². The fourth-order valence-electron chi connectivity index (χ4n) is 3.72. The molecule has 1 heterocycles. The fraction of sp³-hybridized carbons (Fsp3) is 0.148. The number of hydrogen-bond donors (Lipinski definition) is 2. The van der Waals surface area contributed by atoms with Crippen molar-refractivity contribution in [3.05, 3.63) is 88.6 Å². The third-order valence-corrected chi connectivity index (χ3v) is 6.03. The topological polar surface area (TPSA) is 97.0 Å². The van der Waals surface area contributed by atoms with Gasteiger partial charge in [-0.15, -0.1) is 0 Å². The minimum absolute atomic E-state index is 0.0618. The number of carbonyl (C=O) groups is 3. The number of imide groups is 1. The summed E-state index contributed by atoms with van der Waals surface area (Å²) in [5.41, 5.74) is 2.61. The number of aryl methyl sites for hydroxylation is 1. The van der Waals surface area contributed by atoms with Crippen LogP contribution in [0, 0.1) is 0 Å². The second-order valence-corrected chi connectivity index (χ2v) is 8.26. The normalized spacial score (nSPS) is 13.2. The summed E-state index contributed by atoms with van der Waals surface area (Å²) >= 11 is 6.25. The summed E-state index contributed by atoms with van der Waals surface area (Å²) in [4.78, 5) is 39.8. The second-order valence-electron chi connectivity index (χ2n) is 7.88. The van der Waals surface area contributed by atoms with Gasteiger partial charge in [0.25, 0.3) is 17.7 Å². The summed E-state index contributed by atoms with van der Waals surface area (Å²) in [7, 11) is 3.03. The van der Waals surface area contributed by atoms with Crippen molar-refractivity contribution in [2.45, 2.75) is 13.3 Å². The number of anilines is 3. The van der Waals surface area contributed by atoms with Gasteiger partial charge in [-0.25, -0.2) is 4.90 Å². The maximum Gasteiger partial charge on any atom is 0.283 e. The van der Waals surface area contributed by atoms with Crippen LogP contribution in [0.1, 0.15) is 22.8 Å². The summed E-state index contributed by atoms with van der Waals surface area (Å²) in [6.45, 7) is 2.02. The maximum absolute atomic E-state index is 13.1. The first-order valence-corrected chi connectivity index (χ1v) is 11.5. The lowest BCUT2D eigenvalue weighted by Crippen LogP contribution is -2.32. The monoisotopic (exact) mass is 505 g/mol. The van der Waals surface area contributed by atoms with Crippen LogP contribution in [0.25, 0.3) is 0 Å². The highest BCUT2D eigenvalue weighted by molar-refractivity contribution is 6.53. The Hall–Kier alpha value is -4.30. The number of methoxy groups -OCH3 is 2. The average Bonchev–Trinajstić information content (AvgIpc) is 3.11. The molecule has 8 nitrogen and oxygen atoms in total. The maximum atomic E-state index is 13.1. The van der Waals surface area contributed by atoms with E-state index >= 15 is 0 Å². The molecule has 0 saturated carbocycles. The van der Waals surface area contributed by atoms with E-state index in [1.807, 2.05) is 19.1 Å². The minimum Gasteiger partial charge on any atom is -0.497 e. The molecular formula is C27H24ClN3O5. The molecule has 36 heavy (non-hydrogen) atoms. The molecule has 0 atom stereocenters. The molecule has 0 radical (unpaired) electrons. The van der Waals surface area contributed by atoms with Crippen LogP contribution in [-0.4, -0.2) is 31.9 Å². The third-order valence-electron chi connectivity index (χ3n) is 5.68. The van der Waals surface area contributed by atoms with E-state index in [1.165, 1.54) is 14.2 Å². The van der Waals surface area contributed by atoms with E-state index in [1.54, 1.807) is 54.6 Å². The SMILES string of the molecule is CCc1ccc(N2C(=O)C(Cl)=C(Nc3cccc(C(=O)Nc4cc(OC)ccc4OC)c3)C2=O)cc1. The van der Waals surface area contributed by atoms with Gasteiger partial charge in [0.1, 0.15) is 22.2 Å². The van der Waals surface area contributed by atoms with Crippen LogP contribution in [0.3, 0.4) is 0 Å². The van der Waals surface area contributed by atoms with Crippen LogP contribution in [0.5, 0.6) is 11.5 Å². The number of benzene rings is 3. The quantitative estimate of drug-likeness (QED) is 0.420. The van der Waals surface area contributed by atoms with E-state index in [0.717, 1.165) is 16.9 Å². The molecule has 0 saturated heterocycles. The Morgan fingerprint density at radius 2 is 1.69 bits per heavy atom. The molecule has 0 fully saturated rings. The summed E-state index contributed by atoms with van der Waals surface area (Å²) in [6.07, 6.45) is 0.836. The van der Waals surface area contributed by atoms with Crippen LogP contribution >= 0.6 is 11.6 Å². The highest BCUT2D eigenvalue weighted by Gasteiger charge is 2.39. The molecule has 3 aromatic rings. The highest BCUT2D eigenvalue weighted by Crippen LogP contribution is 2.31. The van der Waals surface area contributed by atoms with Crippen LogP contribution < -0.4 is 25.0 Å². The Kier molecular flexibility index (Phi) is 7.26. The summed E-state index contributed by atoms with van der Waals surface area (Å²) in [6, 6.07) is 18.7. The summed E-state index contributed by atoms with van der Waals surface area (Å²) in [5.74, 6) is -0.576. The average molecular weight is 506 g/mol. The number of halogens is 1. The molecule has 0 bridgehead atoms. The Bertz CT molecular complexity index is 1370. The van der Waals surface area contributed by atoms with Crippen molar-refractivity contribution in [1.82, 2.24) is 0 Å². The van der Waals surface area contributed by atoms with Crippen LogP contribution in [0.2, 0.25) is 0 Å². The zero-order valence-electron chi connectivity index (χ0n) is 19.9. The Labute approximate surface area is 213 Å². The summed E-state index contributed by atoms with van der Waals surface area (Å²) in [5, 5.41) is 5.47. The zero-order chi connectivity index (χ0) is 25.8. The fourth-order valence-corrected chi connectivity index (χ4v) is 3.93. The van der Waals surface area contributed by atoms with Gasteiger partial charge in [-0.3, -0.25) is 14.4 Å². The van der Waals surface area contributed by atoms with E-state index in [0.29, 0.717) is 34.1 Å². The van der Waals surface area contributed by atoms with Gasteiger partial charge in [0.05, 0.1) is 25.6 Å². The number of rotatable bonds is 8. The van der Waals surface area contributed by atoms with Gasteiger partial charge in [0.2, 0.25) is 0 Å². The van der Waals surface area contributed by atoms with Crippen LogP contribution in [-0.2, 0) is 16.0 Å². The molecule has 3 aromatic carbocycles. The smallest absolute Gasteiger partial charge is 0.283 e. The number of ether oxygens (including phenoxy) is 2. The molecule has 9 heteroatoms. The number of amides is 3. The number of carbonyl (C=O) groups excluding carboxylic acids is 3. The lowest BCUT2D eigenvalue weighted by Gasteiger charge is -2.16. The van der Waals surface area contributed by atoms with Gasteiger partial charge >= 0.3 is 0 Å². The van der Waals surface area contributed by atoms with Gasteiger partial charge in [0, 0.05) is 17.3 Å². The first-order chi connectivity index (χ1) is 17.4. The van der Waals surface area contributed by atoms with Crippen LogP contribution in [0.4, 0.5) is 17.1 Å².